The van der Waals surface area contributed by atoms with E-state index in [1.807, 2.05) is 62.4 Å². The van der Waals surface area contributed by atoms with Gasteiger partial charge in [0.05, 0.1) is 15.6 Å². The van der Waals surface area contributed by atoms with Gasteiger partial charge >= 0.3 is 0 Å². The maximum Gasteiger partial charge on any atom is 0.264 e. The van der Waals surface area contributed by atoms with E-state index in [1.165, 1.54) is 17.3 Å². The number of amides is 1. The molecule has 0 unspecified atom stereocenters. The molecule has 1 saturated heterocycles. The van der Waals surface area contributed by atoms with Crippen molar-refractivity contribution in [2.24, 2.45) is 4.99 Å². The minimum atomic E-state index is -0.191. The number of nitrogens with zero attached hydrogens (tertiary/aromatic N) is 1. The van der Waals surface area contributed by atoms with E-state index in [2.05, 4.69) is 16.4 Å². The Hall–Kier alpha value is -2.76. The van der Waals surface area contributed by atoms with Gasteiger partial charge in [0.15, 0.2) is 5.17 Å². The molecule has 1 aromatic heterocycles. The molecule has 0 bridgehead atoms. The van der Waals surface area contributed by atoms with Crippen molar-refractivity contribution in [2.75, 3.05) is 0 Å². The molecular formula is C22H17ClN2O2S. The molecule has 2 heterocycles. The summed E-state index contributed by atoms with van der Waals surface area (Å²) in [5, 5.41) is 3.98. The van der Waals surface area contributed by atoms with Crippen molar-refractivity contribution in [3.05, 3.63) is 81.4 Å². The van der Waals surface area contributed by atoms with E-state index in [0.717, 1.165) is 16.8 Å². The fourth-order valence-corrected chi connectivity index (χ4v) is 3.93. The van der Waals surface area contributed by atoms with Crippen molar-refractivity contribution >= 4 is 46.2 Å². The highest BCUT2D eigenvalue weighted by molar-refractivity contribution is 8.18. The SMILES string of the molecule is Cc1ccc(N=C2NC(=O)/C(=C\c3ccc(-c4ccccc4Cl)o3)S2)c(C)c1. The second kappa shape index (κ2) is 7.70. The van der Waals surface area contributed by atoms with Crippen LogP contribution < -0.4 is 5.32 Å². The summed E-state index contributed by atoms with van der Waals surface area (Å²) in [5.74, 6) is 1.05. The molecule has 1 N–H and O–H groups in total. The van der Waals surface area contributed by atoms with E-state index in [4.69, 9.17) is 16.0 Å². The van der Waals surface area contributed by atoms with E-state index in [0.29, 0.717) is 26.6 Å². The monoisotopic (exact) mass is 408 g/mol. The van der Waals surface area contributed by atoms with Crippen molar-refractivity contribution in [2.45, 2.75) is 13.8 Å². The summed E-state index contributed by atoms with van der Waals surface area (Å²) >= 11 is 7.51. The minimum Gasteiger partial charge on any atom is -0.457 e. The Kier molecular flexibility index (Phi) is 5.11. The first kappa shape index (κ1) is 18.6. The highest BCUT2D eigenvalue weighted by atomic mass is 35.5. The fraction of sp³-hybridized carbons (Fsp3) is 0.0909. The summed E-state index contributed by atoms with van der Waals surface area (Å²) in [6, 6.07) is 17.2. The molecule has 0 spiro atoms. The van der Waals surface area contributed by atoms with Crippen molar-refractivity contribution in [3.63, 3.8) is 0 Å². The van der Waals surface area contributed by atoms with E-state index < -0.39 is 0 Å². The molecule has 1 amide bonds. The van der Waals surface area contributed by atoms with E-state index in [-0.39, 0.29) is 5.91 Å². The average Bonchev–Trinajstić information content (AvgIpc) is 3.25. The molecular weight excluding hydrogens is 392 g/mol. The first-order valence-electron chi connectivity index (χ1n) is 8.71. The van der Waals surface area contributed by atoms with Crippen LogP contribution in [0.4, 0.5) is 5.69 Å². The number of benzene rings is 2. The van der Waals surface area contributed by atoms with Gasteiger partial charge in [0, 0.05) is 11.6 Å². The topological polar surface area (TPSA) is 54.6 Å². The molecule has 4 rings (SSSR count). The number of hydrogen-bond acceptors (Lipinski definition) is 4. The highest BCUT2D eigenvalue weighted by Gasteiger charge is 2.24. The molecule has 0 atom stereocenters. The normalized spacial score (nSPS) is 16.8. The second-order valence-electron chi connectivity index (χ2n) is 6.45. The molecule has 6 heteroatoms. The Morgan fingerprint density at radius 1 is 1.11 bits per heavy atom. The smallest absolute Gasteiger partial charge is 0.264 e. The molecule has 1 aliphatic heterocycles. The van der Waals surface area contributed by atoms with Gasteiger partial charge in [-0.25, -0.2) is 4.99 Å². The van der Waals surface area contributed by atoms with Crippen molar-refractivity contribution < 1.29 is 9.21 Å². The number of carbonyl (C=O) groups is 1. The number of halogens is 1. The summed E-state index contributed by atoms with van der Waals surface area (Å²) in [6.45, 7) is 4.04. The molecule has 0 aliphatic carbocycles. The lowest BCUT2D eigenvalue weighted by Crippen LogP contribution is -2.19. The summed E-state index contributed by atoms with van der Waals surface area (Å²) in [6.07, 6.45) is 1.71. The Morgan fingerprint density at radius 3 is 2.71 bits per heavy atom. The van der Waals surface area contributed by atoms with Crippen molar-refractivity contribution in [1.29, 1.82) is 0 Å². The zero-order chi connectivity index (χ0) is 19.7. The summed E-state index contributed by atoms with van der Waals surface area (Å²) in [4.78, 5) is 17.4. The van der Waals surface area contributed by atoms with Gasteiger partial charge in [0.1, 0.15) is 11.5 Å². The van der Waals surface area contributed by atoms with Crippen LogP contribution in [0.25, 0.3) is 17.4 Å². The number of furan rings is 1. The van der Waals surface area contributed by atoms with Gasteiger partial charge in [-0.1, -0.05) is 41.4 Å². The van der Waals surface area contributed by atoms with Crippen LogP contribution in [0.1, 0.15) is 16.9 Å². The van der Waals surface area contributed by atoms with Gasteiger partial charge in [-0.15, -0.1) is 0 Å². The Balaban J connectivity index is 1.57. The third-order valence-corrected chi connectivity index (χ3v) is 5.50. The molecule has 1 aliphatic rings. The number of thioether (sulfide) groups is 1. The molecule has 0 saturated carbocycles. The minimum absolute atomic E-state index is 0.191. The Labute approximate surface area is 172 Å². The molecule has 1 fully saturated rings. The fourth-order valence-electron chi connectivity index (χ4n) is 2.89. The van der Waals surface area contributed by atoms with Crippen LogP contribution in [0, 0.1) is 13.8 Å². The van der Waals surface area contributed by atoms with E-state index in [9.17, 15) is 4.79 Å². The van der Waals surface area contributed by atoms with E-state index in [1.54, 1.807) is 6.08 Å². The maximum atomic E-state index is 12.3. The lowest BCUT2D eigenvalue weighted by atomic mass is 10.1. The maximum absolute atomic E-state index is 12.3. The number of nitrogens with one attached hydrogen (secondary N) is 1. The molecule has 0 radical (unpaired) electrons. The van der Waals surface area contributed by atoms with Crippen LogP contribution in [-0.4, -0.2) is 11.1 Å². The number of amidine groups is 1. The Morgan fingerprint density at radius 2 is 1.93 bits per heavy atom. The van der Waals surface area contributed by atoms with Crippen LogP contribution in [0.3, 0.4) is 0 Å². The summed E-state index contributed by atoms with van der Waals surface area (Å²) in [7, 11) is 0. The predicted octanol–water partition coefficient (Wildman–Crippen LogP) is 6.11. The van der Waals surface area contributed by atoms with Crippen molar-refractivity contribution in [3.8, 4) is 11.3 Å². The van der Waals surface area contributed by atoms with Crippen LogP contribution in [0.2, 0.25) is 5.02 Å². The molecule has 4 nitrogen and oxygen atoms in total. The first-order chi connectivity index (χ1) is 13.5. The quantitative estimate of drug-likeness (QED) is 0.532. The average molecular weight is 409 g/mol. The molecule has 140 valence electrons. The van der Waals surface area contributed by atoms with Crippen LogP contribution >= 0.6 is 23.4 Å². The van der Waals surface area contributed by atoms with Crippen LogP contribution in [0.15, 0.2) is 68.9 Å². The lowest BCUT2D eigenvalue weighted by Gasteiger charge is -2.02. The van der Waals surface area contributed by atoms with Gasteiger partial charge in [-0.2, -0.15) is 0 Å². The third kappa shape index (κ3) is 3.91. The molecule has 2 aromatic carbocycles. The number of rotatable bonds is 3. The van der Waals surface area contributed by atoms with Gasteiger partial charge in [0.25, 0.3) is 5.91 Å². The first-order valence-corrected chi connectivity index (χ1v) is 9.90. The van der Waals surface area contributed by atoms with E-state index >= 15 is 0 Å². The Bertz CT molecular complexity index is 1130. The highest BCUT2D eigenvalue weighted by Crippen LogP contribution is 2.32. The summed E-state index contributed by atoms with van der Waals surface area (Å²) < 4.78 is 5.85. The van der Waals surface area contributed by atoms with Gasteiger partial charge in [0.2, 0.25) is 0 Å². The largest absolute Gasteiger partial charge is 0.457 e. The van der Waals surface area contributed by atoms with Gasteiger partial charge in [-0.3, -0.25) is 4.79 Å². The zero-order valence-corrected chi connectivity index (χ0v) is 16.9. The number of hydrogen-bond donors (Lipinski definition) is 1. The van der Waals surface area contributed by atoms with Gasteiger partial charge in [-0.05, 0) is 61.5 Å². The number of carbonyl (C=O) groups excluding carboxylic acids is 1. The lowest BCUT2D eigenvalue weighted by molar-refractivity contribution is -0.115. The third-order valence-electron chi connectivity index (χ3n) is 4.26. The predicted molar refractivity (Wildman–Crippen MR) is 116 cm³/mol. The molecule has 3 aromatic rings. The van der Waals surface area contributed by atoms with Crippen LogP contribution in [0.5, 0.6) is 0 Å². The second-order valence-corrected chi connectivity index (χ2v) is 7.89. The van der Waals surface area contributed by atoms with Gasteiger partial charge < -0.3 is 9.73 Å². The summed E-state index contributed by atoms with van der Waals surface area (Å²) in [5.41, 5.74) is 3.90. The number of aliphatic imine (C=N–C) groups is 1. The number of aryl methyl sites for hydroxylation is 2. The van der Waals surface area contributed by atoms with Crippen LogP contribution in [-0.2, 0) is 4.79 Å². The van der Waals surface area contributed by atoms with Crippen molar-refractivity contribution in [1.82, 2.24) is 5.32 Å². The zero-order valence-electron chi connectivity index (χ0n) is 15.3. The molecule has 28 heavy (non-hydrogen) atoms. The standard InChI is InChI=1S/C22H17ClN2O2S/c1-13-7-9-18(14(2)11-13)24-22-25-21(26)20(28-22)12-15-8-10-19(27-15)16-5-3-4-6-17(16)23/h3-12H,1-2H3,(H,24,25,26)/b20-12+.